The molecule has 0 radical (unpaired) electrons. The zero-order valence-corrected chi connectivity index (χ0v) is 13.2. The van der Waals surface area contributed by atoms with Gasteiger partial charge in [0.2, 0.25) is 0 Å². The van der Waals surface area contributed by atoms with Gasteiger partial charge in [0.05, 0.1) is 0 Å². The molecule has 118 valence electrons. The number of allylic oxidation sites excluding steroid dienone is 1. The molecule has 24 heavy (non-hydrogen) atoms. The van der Waals surface area contributed by atoms with E-state index in [1.165, 1.54) is 27.8 Å². The quantitative estimate of drug-likeness (QED) is 0.517. The van der Waals surface area contributed by atoms with Gasteiger partial charge in [-0.1, -0.05) is 18.2 Å². The molecule has 0 heterocycles. The molecule has 1 aliphatic carbocycles. The fourth-order valence-corrected chi connectivity index (χ4v) is 3.77. The van der Waals surface area contributed by atoms with Crippen LogP contribution in [0.15, 0.2) is 60.3 Å². The molecule has 0 saturated carbocycles. The van der Waals surface area contributed by atoms with Crippen molar-refractivity contribution in [3.05, 3.63) is 76.7 Å². The number of hydrogen-bond donors (Lipinski definition) is 1. The van der Waals surface area contributed by atoms with E-state index in [0.717, 1.165) is 30.0 Å². The lowest BCUT2D eigenvalue weighted by molar-refractivity contribution is 0.476. The summed E-state index contributed by atoms with van der Waals surface area (Å²) in [7, 11) is 0. The third-order valence-electron chi connectivity index (χ3n) is 4.83. The number of rotatable bonds is 3. The number of aromatic hydroxyl groups is 1. The van der Waals surface area contributed by atoms with Crippen LogP contribution >= 0.6 is 0 Å². The minimum absolute atomic E-state index is 0.283. The number of aryl methyl sites for hydroxylation is 1. The molecule has 3 aromatic rings. The summed E-state index contributed by atoms with van der Waals surface area (Å²) in [5.74, 6) is 0.283. The van der Waals surface area contributed by atoms with E-state index in [1.54, 1.807) is 12.1 Å². The van der Waals surface area contributed by atoms with Crippen LogP contribution < -0.4 is 0 Å². The van der Waals surface area contributed by atoms with Crippen LogP contribution in [0.2, 0.25) is 0 Å². The van der Waals surface area contributed by atoms with Gasteiger partial charge < -0.3 is 5.11 Å². The molecule has 1 aliphatic rings. The van der Waals surface area contributed by atoms with Crippen molar-refractivity contribution in [1.29, 1.82) is 0 Å². The molecule has 0 fully saturated rings. The number of benzene rings is 3. The third-order valence-corrected chi connectivity index (χ3v) is 4.83. The van der Waals surface area contributed by atoms with Crippen molar-refractivity contribution >= 4 is 16.5 Å². The molecule has 0 spiro atoms. The number of fused-ring (bicyclic) bond motifs is 4. The van der Waals surface area contributed by atoms with Crippen molar-refractivity contribution in [3.8, 4) is 16.9 Å². The van der Waals surface area contributed by atoms with Crippen molar-refractivity contribution in [3.63, 3.8) is 0 Å². The zero-order chi connectivity index (χ0) is 16.7. The van der Waals surface area contributed by atoms with E-state index in [0.29, 0.717) is 5.69 Å². The Labute approximate surface area is 140 Å². The van der Waals surface area contributed by atoms with Crippen LogP contribution in [-0.4, -0.2) is 5.11 Å². The number of nitrogens with zero attached hydrogens (tertiary/aromatic N) is 1. The first kappa shape index (κ1) is 14.6. The number of hydrogen-bond acceptors (Lipinski definition) is 3. The van der Waals surface area contributed by atoms with Crippen LogP contribution in [0, 0.1) is 4.91 Å². The highest BCUT2D eigenvalue weighted by Gasteiger charge is 2.21. The second-order valence-electron chi connectivity index (χ2n) is 6.21. The van der Waals surface area contributed by atoms with Crippen LogP contribution in [0.1, 0.15) is 16.7 Å². The molecule has 0 atom stereocenters. The first-order valence-corrected chi connectivity index (χ1v) is 8.06. The Morgan fingerprint density at radius 3 is 2.75 bits per heavy atom. The van der Waals surface area contributed by atoms with Gasteiger partial charge in [0.15, 0.2) is 0 Å². The monoisotopic (exact) mass is 315 g/mol. The highest BCUT2D eigenvalue weighted by molar-refractivity contribution is 5.94. The standard InChI is InChI=1S/C21H17NO2/c1-2-3-18-19-8-5-13-10-15(22-24)6-9-17(13)21(19)11-14-4-7-16(23)12-20(14)18/h2,4,6-7,9-12,23H,1,3,5,8H2. The predicted octanol–water partition coefficient (Wildman–Crippen LogP) is 5.44. The van der Waals surface area contributed by atoms with E-state index in [9.17, 15) is 10.0 Å². The normalized spacial score (nSPS) is 12.5. The van der Waals surface area contributed by atoms with Crippen LogP contribution in [0.25, 0.3) is 21.9 Å². The van der Waals surface area contributed by atoms with E-state index < -0.39 is 0 Å². The van der Waals surface area contributed by atoms with Crippen molar-refractivity contribution in [2.24, 2.45) is 5.18 Å². The maximum atomic E-state index is 10.8. The zero-order valence-electron chi connectivity index (χ0n) is 13.2. The van der Waals surface area contributed by atoms with Gasteiger partial charge in [-0.15, -0.1) is 11.5 Å². The lowest BCUT2D eigenvalue weighted by Gasteiger charge is -2.24. The molecule has 1 N–H and O–H groups in total. The van der Waals surface area contributed by atoms with Crippen molar-refractivity contribution in [2.45, 2.75) is 19.3 Å². The second kappa shape index (κ2) is 5.60. The second-order valence-corrected chi connectivity index (χ2v) is 6.21. The third kappa shape index (κ3) is 2.21. The van der Waals surface area contributed by atoms with E-state index in [1.807, 2.05) is 30.3 Å². The molecule has 0 amide bonds. The van der Waals surface area contributed by atoms with Gasteiger partial charge in [-0.05, 0) is 93.4 Å². The van der Waals surface area contributed by atoms with E-state index in [-0.39, 0.29) is 5.75 Å². The summed E-state index contributed by atoms with van der Waals surface area (Å²) < 4.78 is 0. The minimum Gasteiger partial charge on any atom is -0.508 e. The van der Waals surface area contributed by atoms with Crippen LogP contribution in [0.5, 0.6) is 5.75 Å². The SMILES string of the molecule is C=CCc1c2c(cc3ccc(O)cc13)-c1ccc(N=O)cc1CC2. The molecule has 3 aromatic carbocycles. The summed E-state index contributed by atoms with van der Waals surface area (Å²) in [5, 5.41) is 15.1. The lowest BCUT2D eigenvalue weighted by Crippen LogP contribution is -2.07. The molecule has 4 rings (SSSR count). The average Bonchev–Trinajstić information content (AvgIpc) is 2.61. The Morgan fingerprint density at radius 1 is 1.08 bits per heavy atom. The van der Waals surface area contributed by atoms with Crippen LogP contribution in [0.4, 0.5) is 5.69 Å². The summed E-state index contributed by atoms with van der Waals surface area (Å²) in [6.45, 7) is 3.89. The first-order chi connectivity index (χ1) is 11.7. The summed E-state index contributed by atoms with van der Waals surface area (Å²) in [4.78, 5) is 10.8. The molecule has 0 aliphatic heterocycles. The van der Waals surface area contributed by atoms with Crippen LogP contribution in [-0.2, 0) is 19.3 Å². The molecular formula is C21H17NO2. The molecule has 0 saturated heterocycles. The molecule has 0 unspecified atom stereocenters. The van der Waals surface area contributed by atoms with Gasteiger partial charge in [-0.3, -0.25) is 0 Å². The first-order valence-electron chi connectivity index (χ1n) is 8.06. The Balaban J connectivity index is 2.04. The fraction of sp³-hybridized carbons (Fsp3) is 0.143. The van der Waals surface area contributed by atoms with Gasteiger partial charge in [0, 0.05) is 0 Å². The van der Waals surface area contributed by atoms with Crippen molar-refractivity contribution in [1.82, 2.24) is 0 Å². The van der Waals surface area contributed by atoms with Gasteiger partial charge >= 0.3 is 0 Å². The summed E-state index contributed by atoms with van der Waals surface area (Å²) >= 11 is 0. The number of phenolic OH excluding ortho intramolecular Hbond substituents is 1. The summed E-state index contributed by atoms with van der Waals surface area (Å²) in [6.07, 6.45) is 4.49. The summed E-state index contributed by atoms with van der Waals surface area (Å²) in [5.41, 5.74) is 6.58. The van der Waals surface area contributed by atoms with Gasteiger partial charge in [-0.25, -0.2) is 0 Å². The van der Waals surface area contributed by atoms with E-state index >= 15 is 0 Å². The minimum atomic E-state index is 0.283. The van der Waals surface area contributed by atoms with Crippen molar-refractivity contribution in [2.75, 3.05) is 0 Å². The Morgan fingerprint density at radius 2 is 1.96 bits per heavy atom. The van der Waals surface area contributed by atoms with Gasteiger partial charge in [-0.2, -0.15) is 0 Å². The topological polar surface area (TPSA) is 49.7 Å². The summed E-state index contributed by atoms with van der Waals surface area (Å²) in [6, 6.07) is 13.3. The smallest absolute Gasteiger partial charge is 0.116 e. The van der Waals surface area contributed by atoms with E-state index in [2.05, 4.69) is 17.8 Å². The molecule has 0 aromatic heterocycles. The molecular weight excluding hydrogens is 298 g/mol. The largest absolute Gasteiger partial charge is 0.508 e. The van der Waals surface area contributed by atoms with Gasteiger partial charge in [0.25, 0.3) is 0 Å². The predicted molar refractivity (Wildman–Crippen MR) is 97.8 cm³/mol. The molecule has 0 bridgehead atoms. The van der Waals surface area contributed by atoms with E-state index in [4.69, 9.17) is 0 Å². The van der Waals surface area contributed by atoms with Gasteiger partial charge in [0.1, 0.15) is 11.4 Å². The maximum Gasteiger partial charge on any atom is 0.116 e. The van der Waals surface area contributed by atoms with Crippen molar-refractivity contribution < 1.29 is 5.11 Å². The highest BCUT2D eigenvalue weighted by Crippen LogP contribution is 2.41. The Hall–Kier alpha value is -2.94. The van der Waals surface area contributed by atoms with Crippen LogP contribution in [0.3, 0.4) is 0 Å². The molecule has 3 nitrogen and oxygen atoms in total. The fourth-order valence-electron chi connectivity index (χ4n) is 3.77. The number of phenols is 1. The Bertz CT molecular complexity index is 989. The Kier molecular flexibility index (Phi) is 3.42. The molecule has 3 heteroatoms. The number of nitroso groups, excluding NO2 is 1. The maximum absolute atomic E-state index is 10.8. The average molecular weight is 315 g/mol. The lowest BCUT2D eigenvalue weighted by atomic mass is 9.80. The highest BCUT2D eigenvalue weighted by atomic mass is 16.3.